The second-order valence-electron chi connectivity index (χ2n) is 2.80. The number of unbranched alkanes of at least 4 members (excludes halogenated alkanes) is 1. The van der Waals surface area contributed by atoms with Crippen LogP contribution in [0, 0.1) is 0 Å². The zero-order chi connectivity index (χ0) is 8.53. The lowest BCUT2D eigenvalue weighted by Gasteiger charge is -2.11. The van der Waals surface area contributed by atoms with Gasteiger partial charge in [-0.05, 0) is 32.7 Å². The van der Waals surface area contributed by atoms with Gasteiger partial charge in [0.05, 0.1) is 0 Å². The summed E-state index contributed by atoms with van der Waals surface area (Å²) in [4.78, 5) is 0. The van der Waals surface area contributed by atoms with Crippen LogP contribution in [0.25, 0.3) is 0 Å². The third kappa shape index (κ3) is 7.78. The predicted octanol–water partition coefficient (Wildman–Crippen LogP) is 0.119. The van der Waals surface area contributed by atoms with E-state index >= 15 is 0 Å². The maximum Gasteiger partial charge on any atom is 0.0445 e. The third-order valence-corrected chi connectivity index (χ3v) is 1.64. The molecule has 68 valence electrons. The van der Waals surface area contributed by atoms with Crippen LogP contribution in [0.1, 0.15) is 26.2 Å². The molecule has 0 aromatic heterocycles. The maximum absolute atomic E-state index is 8.56. The van der Waals surface area contributed by atoms with E-state index in [0.717, 1.165) is 25.8 Å². The Morgan fingerprint density at radius 3 is 2.45 bits per heavy atom. The first-order valence-corrected chi connectivity index (χ1v) is 4.26. The number of hydrogen-bond donors (Lipinski definition) is 3. The van der Waals surface area contributed by atoms with E-state index in [1.807, 2.05) is 0 Å². The van der Waals surface area contributed by atoms with Crippen molar-refractivity contribution in [3.8, 4) is 0 Å². The second-order valence-corrected chi connectivity index (χ2v) is 2.80. The van der Waals surface area contributed by atoms with Gasteiger partial charge in [0.1, 0.15) is 0 Å². The quantitative estimate of drug-likeness (QED) is 0.465. The van der Waals surface area contributed by atoms with Crippen molar-refractivity contribution in [1.82, 2.24) is 5.32 Å². The van der Waals surface area contributed by atoms with Crippen molar-refractivity contribution in [2.45, 2.75) is 32.2 Å². The van der Waals surface area contributed by atoms with Gasteiger partial charge in [-0.1, -0.05) is 0 Å². The molecule has 0 aromatic carbocycles. The van der Waals surface area contributed by atoms with Crippen LogP contribution in [0.15, 0.2) is 0 Å². The third-order valence-electron chi connectivity index (χ3n) is 1.64. The Labute approximate surface area is 68.4 Å². The minimum atomic E-state index is 0.244. The lowest BCUT2D eigenvalue weighted by molar-refractivity contribution is 0.264. The van der Waals surface area contributed by atoms with Gasteiger partial charge in [-0.2, -0.15) is 0 Å². The lowest BCUT2D eigenvalue weighted by atomic mass is 10.2. The molecule has 0 aromatic rings. The molecule has 0 heterocycles. The van der Waals surface area contributed by atoms with E-state index in [-0.39, 0.29) is 13.2 Å². The Morgan fingerprint density at radius 2 is 1.91 bits per heavy atom. The summed E-state index contributed by atoms with van der Waals surface area (Å²) in [7, 11) is 0. The van der Waals surface area contributed by atoms with Crippen LogP contribution in [0.5, 0.6) is 0 Å². The highest BCUT2D eigenvalue weighted by molar-refractivity contribution is 4.58. The molecule has 3 N–H and O–H groups in total. The summed E-state index contributed by atoms with van der Waals surface area (Å²) in [5.74, 6) is 0. The summed E-state index contributed by atoms with van der Waals surface area (Å²) in [6.45, 7) is 3.50. The molecule has 1 atom stereocenters. The highest BCUT2D eigenvalue weighted by Crippen LogP contribution is 1.90. The summed E-state index contributed by atoms with van der Waals surface area (Å²) < 4.78 is 0. The fourth-order valence-electron chi connectivity index (χ4n) is 0.881. The molecule has 0 radical (unpaired) electrons. The van der Waals surface area contributed by atoms with E-state index in [9.17, 15) is 0 Å². The largest absolute Gasteiger partial charge is 0.396 e. The molecule has 0 bridgehead atoms. The van der Waals surface area contributed by atoms with Crippen molar-refractivity contribution in [3.05, 3.63) is 0 Å². The minimum Gasteiger partial charge on any atom is -0.396 e. The topological polar surface area (TPSA) is 52.5 Å². The van der Waals surface area contributed by atoms with Crippen molar-refractivity contribution in [3.63, 3.8) is 0 Å². The van der Waals surface area contributed by atoms with Crippen molar-refractivity contribution >= 4 is 0 Å². The van der Waals surface area contributed by atoms with Crippen LogP contribution in [0.4, 0.5) is 0 Å². The van der Waals surface area contributed by atoms with Crippen molar-refractivity contribution < 1.29 is 10.2 Å². The molecule has 1 unspecified atom stereocenters. The fourth-order valence-corrected chi connectivity index (χ4v) is 0.881. The Bertz CT molecular complexity index is 78.5. The van der Waals surface area contributed by atoms with Crippen LogP contribution < -0.4 is 5.32 Å². The van der Waals surface area contributed by atoms with Crippen LogP contribution in [-0.2, 0) is 0 Å². The molecular weight excluding hydrogens is 142 g/mol. The van der Waals surface area contributed by atoms with Crippen LogP contribution >= 0.6 is 0 Å². The Balaban J connectivity index is 2.97. The number of hydrogen-bond acceptors (Lipinski definition) is 3. The summed E-state index contributed by atoms with van der Waals surface area (Å²) in [5.41, 5.74) is 0. The average Bonchev–Trinajstić information content (AvgIpc) is 1.99. The van der Waals surface area contributed by atoms with E-state index in [0.29, 0.717) is 6.04 Å². The Hall–Kier alpha value is -0.120. The number of aliphatic hydroxyl groups is 2. The van der Waals surface area contributed by atoms with Crippen LogP contribution in [0.3, 0.4) is 0 Å². The first kappa shape index (κ1) is 10.9. The highest BCUT2D eigenvalue weighted by atomic mass is 16.3. The Kier molecular flexibility index (Phi) is 7.89. The predicted molar refractivity (Wildman–Crippen MR) is 45.5 cm³/mol. The number of aliphatic hydroxyl groups excluding tert-OH is 2. The van der Waals surface area contributed by atoms with E-state index in [1.54, 1.807) is 0 Å². The molecule has 0 aliphatic heterocycles. The van der Waals surface area contributed by atoms with Crippen LogP contribution in [0.2, 0.25) is 0 Å². The van der Waals surface area contributed by atoms with E-state index in [4.69, 9.17) is 10.2 Å². The summed E-state index contributed by atoms with van der Waals surface area (Å²) >= 11 is 0. The molecule has 0 spiro atoms. The zero-order valence-corrected chi connectivity index (χ0v) is 7.21. The first-order chi connectivity index (χ1) is 5.31. The van der Waals surface area contributed by atoms with Gasteiger partial charge in [0.15, 0.2) is 0 Å². The van der Waals surface area contributed by atoms with E-state index in [1.165, 1.54) is 0 Å². The molecule has 11 heavy (non-hydrogen) atoms. The summed E-state index contributed by atoms with van der Waals surface area (Å²) in [5, 5.41) is 20.3. The minimum absolute atomic E-state index is 0.244. The van der Waals surface area contributed by atoms with Crippen molar-refractivity contribution in [2.24, 2.45) is 0 Å². The highest BCUT2D eigenvalue weighted by Gasteiger charge is 1.97. The maximum atomic E-state index is 8.56. The molecule has 3 heteroatoms. The summed E-state index contributed by atoms with van der Waals surface area (Å²) in [6.07, 6.45) is 2.67. The van der Waals surface area contributed by atoms with E-state index < -0.39 is 0 Å². The van der Waals surface area contributed by atoms with Crippen molar-refractivity contribution in [1.29, 1.82) is 0 Å². The van der Waals surface area contributed by atoms with Gasteiger partial charge in [0.25, 0.3) is 0 Å². The summed E-state index contributed by atoms with van der Waals surface area (Å²) in [6, 6.07) is 0.388. The fraction of sp³-hybridized carbons (Fsp3) is 1.00. The Morgan fingerprint density at radius 1 is 1.18 bits per heavy atom. The van der Waals surface area contributed by atoms with Gasteiger partial charge in [-0.3, -0.25) is 0 Å². The normalized spacial score (nSPS) is 13.4. The first-order valence-electron chi connectivity index (χ1n) is 4.26. The molecule has 0 rings (SSSR count). The molecule has 0 fully saturated rings. The van der Waals surface area contributed by atoms with Gasteiger partial charge in [0.2, 0.25) is 0 Å². The molecule has 0 amide bonds. The zero-order valence-electron chi connectivity index (χ0n) is 7.21. The second kappa shape index (κ2) is 7.98. The number of rotatable bonds is 7. The molecule has 3 nitrogen and oxygen atoms in total. The molecule has 0 aliphatic carbocycles. The smallest absolute Gasteiger partial charge is 0.0445 e. The number of nitrogens with one attached hydrogen (secondary N) is 1. The monoisotopic (exact) mass is 161 g/mol. The van der Waals surface area contributed by atoms with Gasteiger partial charge < -0.3 is 15.5 Å². The van der Waals surface area contributed by atoms with Gasteiger partial charge in [-0.25, -0.2) is 0 Å². The standard InChI is InChI=1S/C8H19NO2/c1-8(4-7-11)9-5-2-3-6-10/h8-11H,2-7H2,1H3. The van der Waals surface area contributed by atoms with Gasteiger partial charge in [-0.15, -0.1) is 0 Å². The SMILES string of the molecule is CC(CCO)NCCCCO. The molecule has 0 aliphatic rings. The molecule has 0 saturated heterocycles. The average molecular weight is 161 g/mol. The lowest BCUT2D eigenvalue weighted by Crippen LogP contribution is -2.27. The van der Waals surface area contributed by atoms with Crippen LogP contribution in [-0.4, -0.2) is 36.0 Å². The van der Waals surface area contributed by atoms with Crippen molar-refractivity contribution in [2.75, 3.05) is 19.8 Å². The molecular formula is C8H19NO2. The van der Waals surface area contributed by atoms with Gasteiger partial charge in [0, 0.05) is 19.3 Å². The van der Waals surface area contributed by atoms with Gasteiger partial charge >= 0.3 is 0 Å². The molecule has 0 saturated carbocycles. The van der Waals surface area contributed by atoms with E-state index in [2.05, 4.69) is 12.2 Å².